The highest BCUT2D eigenvalue weighted by Gasteiger charge is 2.34. The van der Waals surface area contributed by atoms with Crippen molar-refractivity contribution in [3.05, 3.63) is 100 Å². The molecule has 150 valence electrons. The van der Waals surface area contributed by atoms with Crippen LogP contribution in [0.1, 0.15) is 16.7 Å². The standard InChI is InChI=1S/C25H22N2O2S/c1-18-7-6-8-20(15-18)17-26-25-27(21-9-4-3-5-10-21)24(28)23(30-25)16-19-11-13-22(29-2)14-12-19/h3-16H,17H2,1-2H3/b23-16-,26-25?. The Bertz CT molecular complexity index is 1110. The summed E-state index contributed by atoms with van der Waals surface area (Å²) in [7, 11) is 1.64. The fourth-order valence-electron chi connectivity index (χ4n) is 3.20. The number of amides is 1. The predicted molar refractivity (Wildman–Crippen MR) is 125 cm³/mol. The Labute approximate surface area is 180 Å². The van der Waals surface area contributed by atoms with Gasteiger partial charge in [-0.25, -0.2) is 0 Å². The molecule has 1 heterocycles. The lowest BCUT2D eigenvalue weighted by atomic mass is 10.1. The maximum absolute atomic E-state index is 13.2. The van der Waals surface area contributed by atoms with Crippen LogP contribution >= 0.6 is 11.8 Å². The summed E-state index contributed by atoms with van der Waals surface area (Å²) in [5, 5.41) is 0.687. The summed E-state index contributed by atoms with van der Waals surface area (Å²) < 4.78 is 5.21. The van der Waals surface area contributed by atoms with E-state index < -0.39 is 0 Å². The van der Waals surface area contributed by atoms with Gasteiger partial charge in [-0.2, -0.15) is 0 Å². The van der Waals surface area contributed by atoms with Gasteiger partial charge in [0.2, 0.25) is 0 Å². The number of aryl methyl sites for hydroxylation is 1. The SMILES string of the molecule is COc1ccc(/C=C2\SC(=NCc3cccc(C)c3)N(c3ccccc3)C2=O)cc1. The van der Waals surface area contributed by atoms with Crippen molar-refractivity contribution in [2.24, 2.45) is 4.99 Å². The van der Waals surface area contributed by atoms with Crippen molar-refractivity contribution in [3.8, 4) is 5.75 Å². The first kappa shape index (κ1) is 20.0. The molecule has 1 amide bonds. The molecule has 0 spiro atoms. The van der Waals surface area contributed by atoms with Crippen LogP contribution in [0.4, 0.5) is 5.69 Å². The van der Waals surface area contributed by atoms with Crippen molar-refractivity contribution in [2.45, 2.75) is 13.5 Å². The van der Waals surface area contributed by atoms with Gasteiger partial charge in [-0.3, -0.25) is 14.7 Å². The second-order valence-electron chi connectivity index (χ2n) is 6.95. The van der Waals surface area contributed by atoms with E-state index in [1.807, 2.05) is 66.7 Å². The number of hydrogen-bond donors (Lipinski definition) is 0. The number of ether oxygens (including phenoxy) is 1. The fraction of sp³-hybridized carbons (Fsp3) is 0.120. The summed E-state index contributed by atoms with van der Waals surface area (Å²) in [6, 6.07) is 25.6. The maximum Gasteiger partial charge on any atom is 0.271 e. The van der Waals surface area contributed by atoms with Crippen molar-refractivity contribution < 1.29 is 9.53 Å². The van der Waals surface area contributed by atoms with Crippen LogP contribution in [0.2, 0.25) is 0 Å². The van der Waals surface area contributed by atoms with Gasteiger partial charge >= 0.3 is 0 Å². The average Bonchev–Trinajstić information content (AvgIpc) is 3.08. The van der Waals surface area contributed by atoms with Gasteiger partial charge in [0.25, 0.3) is 5.91 Å². The zero-order valence-electron chi connectivity index (χ0n) is 16.9. The van der Waals surface area contributed by atoms with Gasteiger partial charge in [-0.15, -0.1) is 0 Å². The van der Waals surface area contributed by atoms with Gasteiger partial charge in [-0.1, -0.05) is 60.2 Å². The Morgan fingerprint density at radius 3 is 2.47 bits per heavy atom. The van der Waals surface area contributed by atoms with E-state index in [1.165, 1.54) is 17.3 Å². The van der Waals surface area contributed by atoms with Crippen molar-refractivity contribution in [1.29, 1.82) is 0 Å². The van der Waals surface area contributed by atoms with Crippen molar-refractivity contribution in [1.82, 2.24) is 0 Å². The molecule has 4 nitrogen and oxygen atoms in total. The lowest BCUT2D eigenvalue weighted by molar-refractivity contribution is -0.113. The van der Waals surface area contributed by atoms with Gasteiger partial charge in [0.1, 0.15) is 5.75 Å². The van der Waals surface area contributed by atoms with E-state index in [0.717, 1.165) is 22.6 Å². The molecular formula is C25H22N2O2S. The molecule has 0 radical (unpaired) electrons. The number of nitrogens with zero attached hydrogens (tertiary/aromatic N) is 2. The number of rotatable bonds is 5. The number of benzene rings is 3. The normalized spacial score (nSPS) is 16.5. The quantitative estimate of drug-likeness (QED) is 0.504. The van der Waals surface area contributed by atoms with Crippen LogP contribution in [0.5, 0.6) is 5.75 Å². The Hall–Kier alpha value is -3.31. The molecule has 0 saturated carbocycles. The molecular weight excluding hydrogens is 392 g/mol. The van der Waals surface area contributed by atoms with Crippen molar-refractivity contribution in [2.75, 3.05) is 12.0 Å². The zero-order valence-corrected chi connectivity index (χ0v) is 17.7. The van der Waals surface area contributed by atoms with Crippen molar-refractivity contribution >= 4 is 34.6 Å². The Balaban J connectivity index is 1.67. The van der Waals surface area contributed by atoms with Gasteiger partial charge in [0.05, 0.1) is 24.2 Å². The molecule has 0 aromatic heterocycles. The third-order valence-electron chi connectivity index (χ3n) is 4.71. The first-order chi connectivity index (χ1) is 14.6. The first-order valence-corrected chi connectivity index (χ1v) is 10.5. The highest BCUT2D eigenvalue weighted by atomic mass is 32.2. The summed E-state index contributed by atoms with van der Waals surface area (Å²) in [6.07, 6.45) is 1.90. The average molecular weight is 415 g/mol. The second-order valence-corrected chi connectivity index (χ2v) is 7.96. The Kier molecular flexibility index (Phi) is 6.00. The molecule has 0 atom stereocenters. The minimum atomic E-state index is -0.0648. The van der Waals surface area contributed by atoms with Crippen LogP contribution in [0, 0.1) is 6.92 Å². The third kappa shape index (κ3) is 4.47. The molecule has 0 unspecified atom stereocenters. The molecule has 3 aromatic carbocycles. The van der Waals surface area contributed by atoms with Gasteiger partial charge in [-0.05, 0) is 60.2 Å². The zero-order chi connectivity index (χ0) is 20.9. The molecule has 0 N–H and O–H groups in total. The van der Waals surface area contributed by atoms with E-state index in [4.69, 9.17) is 9.73 Å². The smallest absolute Gasteiger partial charge is 0.271 e. The number of carbonyl (C=O) groups excluding carboxylic acids is 1. The molecule has 3 aromatic rings. The number of carbonyl (C=O) groups is 1. The van der Waals surface area contributed by atoms with Crippen LogP contribution in [-0.2, 0) is 11.3 Å². The molecule has 0 aliphatic carbocycles. The van der Waals surface area contributed by atoms with Crippen LogP contribution < -0.4 is 9.64 Å². The van der Waals surface area contributed by atoms with Crippen LogP contribution in [0.15, 0.2) is 88.8 Å². The monoisotopic (exact) mass is 414 g/mol. The van der Waals surface area contributed by atoms with Crippen molar-refractivity contribution in [3.63, 3.8) is 0 Å². The minimum Gasteiger partial charge on any atom is -0.497 e. The molecule has 5 heteroatoms. The van der Waals surface area contributed by atoms with E-state index in [0.29, 0.717) is 16.6 Å². The van der Waals surface area contributed by atoms with Gasteiger partial charge in [0.15, 0.2) is 5.17 Å². The number of aliphatic imine (C=N–C) groups is 1. The highest BCUT2D eigenvalue weighted by Crippen LogP contribution is 2.36. The molecule has 4 rings (SSSR count). The molecule has 1 aliphatic rings. The Morgan fingerprint density at radius 2 is 1.77 bits per heavy atom. The first-order valence-electron chi connectivity index (χ1n) is 9.67. The number of para-hydroxylation sites is 1. The van der Waals surface area contributed by atoms with Crippen LogP contribution in [0.25, 0.3) is 6.08 Å². The summed E-state index contributed by atoms with van der Waals surface area (Å²) in [6.45, 7) is 2.59. The number of hydrogen-bond acceptors (Lipinski definition) is 4. The largest absolute Gasteiger partial charge is 0.497 e. The predicted octanol–water partition coefficient (Wildman–Crippen LogP) is 5.68. The summed E-state index contributed by atoms with van der Waals surface area (Å²) in [4.78, 5) is 20.4. The Morgan fingerprint density at radius 1 is 1.00 bits per heavy atom. The summed E-state index contributed by atoms with van der Waals surface area (Å²) in [5.74, 6) is 0.721. The topological polar surface area (TPSA) is 41.9 Å². The fourth-order valence-corrected chi connectivity index (χ4v) is 4.18. The number of methoxy groups -OCH3 is 1. The van der Waals surface area contributed by atoms with E-state index in [2.05, 4.69) is 25.1 Å². The van der Waals surface area contributed by atoms with Gasteiger partial charge < -0.3 is 4.74 Å². The van der Waals surface area contributed by atoms with Gasteiger partial charge in [0, 0.05) is 0 Å². The number of thioether (sulfide) groups is 1. The highest BCUT2D eigenvalue weighted by molar-refractivity contribution is 8.19. The van der Waals surface area contributed by atoms with E-state index in [1.54, 1.807) is 12.0 Å². The summed E-state index contributed by atoms with van der Waals surface area (Å²) in [5.41, 5.74) is 4.08. The van der Waals surface area contributed by atoms with E-state index >= 15 is 0 Å². The lowest BCUT2D eigenvalue weighted by Crippen LogP contribution is -2.28. The third-order valence-corrected chi connectivity index (χ3v) is 5.72. The molecule has 1 fully saturated rings. The van der Waals surface area contributed by atoms with Crippen LogP contribution in [-0.4, -0.2) is 18.2 Å². The molecule has 1 saturated heterocycles. The molecule has 30 heavy (non-hydrogen) atoms. The van der Waals surface area contributed by atoms with E-state index in [9.17, 15) is 4.79 Å². The number of amidine groups is 1. The second kappa shape index (κ2) is 9.01. The lowest BCUT2D eigenvalue weighted by Gasteiger charge is -2.15. The summed E-state index contributed by atoms with van der Waals surface area (Å²) >= 11 is 1.41. The van der Waals surface area contributed by atoms with Crippen LogP contribution in [0.3, 0.4) is 0 Å². The van der Waals surface area contributed by atoms with E-state index in [-0.39, 0.29) is 5.91 Å². The molecule has 1 aliphatic heterocycles. The maximum atomic E-state index is 13.2. The number of anilines is 1. The molecule has 0 bridgehead atoms. The minimum absolute atomic E-state index is 0.0648.